The molecule has 1 aromatic rings. The number of nitrogens with zero attached hydrogens (tertiary/aromatic N) is 1. The third-order valence-electron chi connectivity index (χ3n) is 3.69. The van der Waals surface area contributed by atoms with Crippen molar-refractivity contribution in [2.75, 3.05) is 19.6 Å². The van der Waals surface area contributed by atoms with Crippen LogP contribution in [0, 0.1) is 5.92 Å². The molecule has 2 atom stereocenters. The van der Waals surface area contributed by atoms with Gasteiger partial charge in [-0.15, -0.1) is 0 Å². The van der Waals surface area contributed by atoms with Gasteiger partial charge in [0.15, 0.2) is 0 Å². The second kappa shape index (κ2) is 6.56. The van der Waals surface area contributed by atoms with Crippen molar-refractivity contribution in [2.24, 2.45) is 5.92 Å². The lowest BCUT2D eigenvalue weighted by molar-refractivity contribution is -0.146. The number of carboxylic acids is 1. The van der Waals surface area contributed by atoms with Crippen LogP contribution in [0.5, 0.6) is 0 Å². The average Bonchev–Trinajstić information content (AvgIpc) is 3.10. The second-order valence-electron chi connectivity index (χ2n) is 5.08. The summed E-state index contributed by atoms with van der Waals surface area (Å²) >= 11 is 0. The first kappa shape index (κ1) is 14.6. The maximum Gasteiger partial charge on any atom is 0.315 e. The van der Waals surface area contributed by atoms with E-state index < -0.39 is 17.8 Å². The SMILES string of the molecule is CC(C(=O)O)C(=O)NCC(c1ccco1)N1CCCC1. The number of nitrogens with one attached hydrogen (secondary N) is 1. The van der Waals surface area contributed by atoms with E-state index in [2.05, 4.69) is 10.2 Å². The van der Waals surface area contributed by atoms with E-state index >= 15 is 0 Å². The van der Waals surface area contributed by atoms with E-state index in [0.717, 1.165) is 31.7 Å². The minimum absolute atomic E-state index is 0.0301. The lowest BCUT2D eigenvalue weighted by Crippen LogP contribution is -2.40. The summed E-state index contributed by atoms with van der Waals surface area (Å²) in [5.74, 6) is -1.81. The summed E-state index contributed by atoms with van der Waals surface area (Å²) in [6.45, 7) is 3.69. The predicted molar refractivity (Wildman–Crippen MR) is 72.1 cm³/mol. The molecular formula is C14H20N2O4. The molecule has 1 aromatic heterocycles. The van der Waals surface area contributed by atoms with Gasteiger partial charge in [0.25, 0.3) is 0 Å². The summed E-state index contributed by atoms with van der Waals surface area (Å²) in [5, 5.41) is 11.5. The zero-order valence-electron chi connectivity index (χ0n) is 11.5. The molecule has 0 aromatic carbocycles. The predicted octanol–water partition coefficient (Wildman–Crippen LogP) is 1.25. The van der Waals surface area contributed by atoms with Crippen LogP contribution in [0.1, 0.15) is 31.6 Å². The number of rotatable bonds is 6. The fourth-order valence-corrected chi connectivity index (χ4v) is 2.41. The normalized spacial score (nSPS) is 18.6. The first-order valence-electron chi connectivity index (χ1n) is 6.87. The van der Waals surface area contributed by atoms with Crippen molar-refractivity contribution >= 4 is 11.9 Å². The van der Waals surface area contributed by atoms with Crippen LogP contribution in [-0.4, -0.2) is 41.5 Å². The first-order chi connectivity index (χ1) is 9.59. The van der Waals surface area contributed by atoms with Gasteiger partial charge in [-0.25, -0.2) is 0 Å². The minimum atomic E-state index is -1.11. The molecule has 1 saturated heterocycles. The van der Waals surface area contributed by atoms with Crippen LogP contribution in [0.4, 0.5) is 0 Å². The maximum absolute atomic E-state index is 11.7. The molecule has 1 fully saturated rings. The molecule has 0 saturated carbocycles. The molecule has 1 aliphatic heterocycles. The highest BCUT2D eigenvalue weighted by Crippen LogP contribution is 2.24. The van der Waals surface area contributed by atoms with Crippen molar-refractivity contribution in [1.82, 2.24) is 10.2 Å². The fourth-order valence-electron chi connectivity index (χ4n) is 2.41. The molecule has 0 radical (unpaired) electrons. The van der Waals surface area contributed by atoms with E-state index in [1.165, 1.54) is 6.92 Å². The minimum Gasteiger partial charge on any atom is -0.481 e. The Morgan fingerprint density at radius 1 is 1.45 bits per heavy atom. The van der Waals surface area contributed by atoms with Gasteiger partial charge >= 0.3 is 5.97 Å². The summed E-state index contributed by atoms with van der Waals surface area (Å²) in [4.78, 5) is 24.8. The Balaban J connectivity index is 1.98. The molecule has 110 valence electrons. The molecule has 2 heterocycles. The van der Waals surface area contributed by atoms with Crippen LogP contribution in [0.15, 0.2) is 22.8 Å². The second-order valence-corrected chi connectivity index (χ2v) is 5.08. The largest absolute Gasteiger partial charge is 0.481 e. The van der Waals surface area contributed by atoms with Gasteiger partial charge in [-0.2, -0.15) is 0 Å². The summed E-state index contributed by atoms with van der Waals surface area (Å²) in [6, 6.07) is 3.67. The maximum atomic E-state index is 11.7. The first-order valence-corrected chi connectivity index (χ1v) is 6.87. The van der Waals surface area contributed by atoms with E-state index in [9.17, 15) is 9.59 Å². The Hall–Kier alpha value is -1.82. The van der Waals surface area contributed by atoms with Crippen molar-refractivity contribution < 1.29 is 19.1 Å². The number of hydrogen-bond acceptors (Lipinski definition) is 4. The van der Waals surface area contributed by atoms with Gasteiger partial charge in [-0.1, -0.05) is 0 Å². The molecule has 20 heavy (non-hydrogen) atoms. The van der Waals surface area contributed by atoms with Gasteiger partial charge in [0.05, 0.1) is 12.3 Å². The average molecular weight is 280 g/mol. The number of furan rings is 1. The number of carboxylic acid groups (broad SMARTS) is 1. The summed E-state index contributed by atoms with van der Waals surface area (Å²) in [6.07, 6.45) is 3.88. The van der Waals surface area contributed by atoms with Crippen molar-refractivity contribution in [2.45, 2.75) is 25.8 Å². The van der Waals surface area contributed by atoms with Crippen molar-refractivity contribution in [3.63, 3.8) is 0 Å². The number of amides is 1. The molecule has 0 spiro atoms. The molecule has 2 unspecified atom stereocenters. The molecule has 0 bridgehead atoms. The van der Waals surface area contributed by atoms with Crippen LogP contribution < -0.4 is 5.32 Å². The van der Waals surface area contributed by atoms with Crippen LogP contribution in [0.2, 0.25) is 0 Å². The number of likely N-dealkylation sites (tertiary alicyclic amines) is 1. The fraction of sp³-hybridized carbons (Fsp3) is 0.571. The van der Waals surface area contributed by atoms with E-state index in [1.807, 2.05) is 12.1 Å². The van der Waals surface area contributed by atoms with Crippen LogP contribution in [0.25, 0.3) is 0 Å². The Labute approximate surface area is 117 Å². The Kier molecular flexibility index (Phi) is 4.79. The zero-order valence-corrected chi connectivity index (χ0v) is 11.5. The van der Waals surface area contributed by atoms with Crippen molar-refractivity contribution in [3.05, 3.63) is 24.2 Å². The van der Waals surface area contributed by atoms with Crippen LogP contribution in [0.3, 0.4) is 0 Å². The smallest absolute Gasteiger partial charge is 0.315 e. The van der Waals surface area contributed by atoms with Gasteiger partial charge in [0, 0.05) is 6.54 Å². The molecule has 1 amide bonds. The Bertz CT molecular complexity index is 452. The lowest BCUT2D eigenvalue weighted by atomic mass is 10.1. The quantitative estimate of drug-likeness (QED) is 0.766. The van der Waals surface area contributed by atoms with Gasteiger partial charge in [0.2, 0.25) is 5.91 Å². The monoisotopic (exact) mass is 280 g/mol. The summed E-state index contributed by atoms with van der Waals surface area (Å²) in [5.41, 5.74) is 0. The molecule has 6 nitrogen and oxygen atoms in total. The van der Waals surface area contributed by atoms with Gasteiger partial charge in [-0.3, -0.25) is 14.5 Å². The highest BCUT2D eigenvalue weighted by molar-refractivity contribution is 5.96. The molecule has 2 rings (SSSR count). The van der Waals surface area contributed by atoms with Gasteiger partial charge < -0.3 is 14.8 Å². The van der Waals surface area contributed by atoms with Crippen molar-refractivity contribution in [3.8, 4) is 0 Å². The topological polar surface area (TPSA) is 82.8 Å². The van der Waals surface area contributed by atoms with E-state index in [1.54, 1.807) is 6.26 Å². The lowest BCUT2D eigenvalue weighted by Gasteiger charge is -2.26. The van der Waals surface area contributed by atoms with Gasteiger partial charge in [0.1, 0.15) is 11.7 Å². The van der Waals surface area contributed by atoms with Gasteiger partial charge in [-0.05, 0) is 45.0 Å². The molecule has 1 aliphatic rings. The van der Waals surface area contributed by atoms with Crippen LogP contribution in [-0.2, 0) is 9.59 Å². The number of carbonyl (C=O) groups is 2. The Morgan fingerprint density at radius 2 is 2.15 bits per heavy atom. The van der Waals surface area contributed by atoms with E-state index in [4.69, 9.17) is 9.52 Å². The Morgan fingerprint density at radius 3 is 2.70 bits per heavy atom. The standard InChI is InChI=1S/C14H20N2O4/c1-10(14(18)19)13(17)15-9-11(12-5-4-8-20-12)16-6-2-3-7-16/h4-5,8,10-11H,2-3,6-7,9H2,1H3,(H,15,17)(H,18,19). The molecule has 6 heteroatoms. The van der Waals surface area contributed by atoms with E-state index in [0.29, 0.717) is 6.54 Å². The number of hydrogen-bond donors (Lipinski definition) is 2. The highest BCUT2D eigenvalue weighted by Gasteiger charge is 2.27. The van der Waals surface area contributed by atoms with Crippen molar-refractivity contribution in [1.29, 1.82) is 0 Å². The van der Waals surface area contributed by atoms with Crippen LogP contribution >= 0.6 is 0 Å². The number of aliphatic carboxylic acids is 1. The summed E-state index contributed by atoms with van der Waals surface area (Å²) < 4.78 is 5.44. The zero-order chi connectivity index (χ0) is 14.5. The molecular weight excluding hydrogens is 260 g/mol. The third kappa shape index (κ3) is 3.39. The highest BCUT2D eigenvalue weighted by atomic mass is 16.4. The summed E-state index contributed by atoms with van der Waals surface area (Å²) in [7, 11) is 0. The number of carbonyl (C=O) groups excluding carboxylic acids is 1. The van der Waals surface area contributed by atoms with E-state index in [-0.39, 0.29) is 6.04 Å². The third-order valence-corrected chi connectivity index (χ3v) is 3.69. The molecule has 0 aliphatic carbocycles. The molecule has 2 N–H and O–H groups in total.